The standard InChI is InChI=1S/C17H25BrN4O2/c1-3-21-8-10-22(11-9-21)16(23)6-7-19-17(24)20-14-5-4-13(2)15(18)12-14/h4-5,12H,3,6-11H2,1-2H3,(H2,19,20,24). The summed E-state index contributed by atoms with van der Waals surface area (Å²) in [6.07, 6.45) is 0.330. The third kappa shape index (κ3) is 5.49. The normalized spacial score (nSPS) is 15.2. The minimum absolute atomic E-state index is 0.101. The van der Waals surface area contributed by atoms with Crippen LogP contribution in [0.15, 0.2) is 22.7 Å². The Bertz CT molecular complexity index is 586. The molecule has 0 saturated carbocycles. The number of nitrogens with one attached hydrogen (secondary N) is 2. The Labute approximate surface area is 151 Å². The van der Waals surface area contributed by atoms with Gasteiger partial charge in [0.05, 0.1) is 0 Å². The van der Waals surface area contributed by atoms with Crippen molar-refractivity contribution in [2.75, 3.05) is 44.6 Å². The van der Waals surface area contributed by atoms with Crippen LogP contribution >= 0.6 is 15.9 Å². The van der Waals surface area contributed by atoms with Crippen LogP contribution < -0.4 is 10.6 Å². The lowest BCUT2D eigenvalue weighted by Gasteiger charge is -2.34. The number of piperazine rings is 1. The second-order valence-corrected chi connectivity index (χ2v) is 6.76. The average molecular weight is 397 g/mol. The number of hydrogen-bond donors (Lipinski definition) is 2. The molecule has 132 valence electrons. The first kappa shape index (κ1) is 18.7. The maximum atomic E-state index is 12.1. The molecule has 2 rings (SSSR count). The van der Waals surface area contributed by atoms with Crippen LogP contribution in [-0.2, 0) is 4.79 Å². The van der Waals surface area contributed by atoms with Crippen LogP contribution in [0, 0.1) is 6.92 Å². The predicted octanol–water partition coefficient (Wildman–Crippen LogP) is 2.43. The third-order valence-electron chi connectivity index (χ3n) is 4.23. The molecule has 3 amide bonds. The van der Waals surface area contributed by atoms with E-state index in [1.807, 2.05) is 30.0 Å². The summed E-state index contributed by atoms with van der Waals surface area (Å²) < 4.78 is 0.946. The van der Waals surface area contributed by atoms with E-state index in [2.05, 4.69) is 38.4 Å². The van der Waals surface area contributed by atoms with Crippen LogP contribution in [0.3, 0.4) is 0 Å². The molecule has 0 radical (unpaired) electrons. The predicted molar refractivity (Wildman–Crippen MR) is 99.2 cm³/mol. The summed E-state index contributed by atoms with van der Waals surface area (Å²) in [5.41, 5.74) is 1.82. The van der Waals surface area contributed by atoms with Gasteiger partial charge in [0.2, 0.25) is 5.91 Å². The van der Waals surface area contributed by atoms with Crippen molar-refractivity contribution in [3.8, 4) is 0 Å². The summed E-state index contributed by atoms with van der Waals surface area (Å²) in [5, 5.41) is 5.50. The lowest BCUT2D eigenvalue weighted by molar-refractivity contribution is -0.132. The van der Waals surface area contributed by atoms with Gasteiger partial charge < -0.3 is 20.4 Å². The van der Waals surface area contributed by atoms with Gasteiger partial charge >= 0.3 is 6.03 Å². The lowest BCUT2D eigenvalue weighted by Crippen LogP contribution is -2.49. The van der Waals surface area contributed by atoms with Crippen LogP contribution in [0.2, 0.25) is 0 Å². The molecule has 1 aromatic carbocycles. The molecule has 6 nitrogen and oxygen atoms in total. The van der Waals surface area contributed by atoms with E-state index < -0.39 is 0 Å². The van der Waals surface area contributed by atoms with Gasteiger partial charge in [0.25, 0.3) is 0 Å². The number of likely N-dealkylation sites (N-methyl/N-ethyl adjacent to an activating group) is 1. The highest BCUT2D eigenvalue weighted by molar-refractivity contribution is 9.10. The van der Waals surface area contributed by atoms with Crippen molar-refractivity contribution in [3.05, 3.63) is 28.2 Å². The maximum Gasteiger partial charge on any atom is 0.319 e. The smallest absolute Gasteiger partial charge is 0.319 e. The zero-order valence-corrected chi connectivity index (χ0v) is 15.9. The zero-order chi connectivity index (χ0) is 17.5. The summed E-state index contributed by atoms with van der Waals surface area (Å²) in [6.45, 7) is 8.89. The van der Waals surface area contributed by atoms with Gasteiger partial charge in [-0.25, -0.2) is 4.79 Å². The molecule has 1 aliphatic rings. The molecule has 0 aromatic heterocycles. The first-order chi connectivity index (χ1) is 11.5. The number of aryl methyl sites for hydroxylation is 1. The summed E-state index contributed by atoms with van der Waals surface area (Å²) in [5.74, 6) is 0.101. The number of hydrogen-bond acceptors (Lipinski definition) is 3. The second kappa shape index (κ2) is 9.03. The highest BCUT2D eigenvalue weighted by atomic mass is 79.9. The lowest BCUT2D eigenvalue weighted by atomic mass is 10.2. The van der Waals surface area contributed by atoms with Gasteiger partial charge in [-0.15, -0.1) is 0 Å². The number of nitrogens with zero attached hydrogens (tertiary/aromatic N) is 2. The Balaban J connectivity index is 1.68. The number of amides is 3. The van der Waals surface area contributed by atoms with Gasteiger partial charge in [0.15, 0.2) is 0 Å². The number of halogens is 1. The van der Waals surface area contributed by atoms with Gasteiger partial charge in [-0.2, -0.15) is 0 Å². The number of anilines is 1. The van der Waals surface area contributed by atoms with Gasteiger partial charge in [-0.1, -0.05) is 28.9 Å². The Morgan fingerprint density at radius 1 is 1.21 bits per heavy atom. The molecule has 0 atom stereocenters. The van der Waals surface area contributed by atoms with Crippen molar-refractivity contribution in [2.45, 2.75) is 20.3 Å². The van der Waals surface area contributed by atoms with E-state index in [-0.39, 0.29) is 11.9 Å². The van der Waals surface area contributed by atoms with E-state index in [0.29, 0.717) is 18.7 Å². The van der Waals surface area contributed by atoms with Crippen LogP contribution in [0.1, 0.15) is 18.9 Å². The average Bonchev–Trinajstić information content (AvgIpc) is 2.58. The summed E-state index contributed by atoms with van der Waals surface area (Å²) in [6, 6.07) is 5.33. The minimum Gasteiger partial charge on any atom is -0.340 e. The Morgan fingerprint density at radius 3 is 2.54 bits per heavy atom. The van der Waals surface area contributed by atoms with E-state index in [1.54, 1.807) is 0 Å². The Morgan fingerprint density at radius 2 is 1.92 bits per heavy atom. The number of rotatable bonds is 5. The molecule has 1 saturated heterocycles. The SMILES string of the molecule is CCN1CCN(C(=O)CCNC(=O)Nc2ccc(C)c(Br)c2)CC1. The summed E-state index contributed by atoms with van der Waals surface area (Å²) in [7, 11) is 0. The van der Waals surface area contributed by atoms with Crippen molar-refractivity contribution in [1.82, 2.24) is 15.1 Å². The molecule has 0 bridgehead atoms. The fourth-order valence-electron chi connectivity index (χ4n) is 2.60. The number of carbonyl (C=O) groups is 2. The molecular weight excluding hydrogens is 372 g/mol. The first-order valence-electron chi connectivity index (χ1n) is 8.30. The topological polar surface area (TPSA) is 64.7 Å². The van der Waals surface area contributed by atoms with E-state index in [1.165, 1.54) is 0 Å². The van der Waals surface area contributed by atoms with Crippen molar-refractivity contribution in [3.63, 3.8) is 0 Å². The molecule has 1 fully saturated rings. The molecule has 2 N–H and O–H groups in total. The van der Waals surface area contributed by atoms with Gasteiger partial charge in [0, 0.05) is 49.3 Å². The second-order valence-electron chi connectivity index (χ2n) is 5.91. The van der Waals surface area contributed by atoms with E-state index in [4.69, 9.17) is 0 Å². The van der Waals surface area contributed by atoms with Crippen molar-refractivity contribution in [2.24, 2.45) is 0 Å². The van der Waals surface area contributed by atoms with Crippen LogP contribution in [0.4, 0.5) is 10.5 Å². The summed E-state index contributed by atoms with van der Waals surface area (Å²) in [4.78, 5) is 28.2. The number of benzene rings is 1. The Hall–Kier alpha value is -1.60. The highest BCUT2D eigenvalue weighted by Crippen LogP contribution is 2.20. The molecule has 1 aliphatic heterocycles. The van der Waals surface area contributed by atoms with Gasteiger partial charge in [0.1, 0.15) is 0 Å². The molecule has 1 heterocycles. The first-order valence-corrected chi connectivity index (χ1v) is 9.10. The molecule has 0 unspecified atom stereocenters. The minimum atomic E-state index is -0.297. The third-order valence-corrected chi connectivity index (χ3v) is 5.08. The van der Waals surface area contributed by atoms with Crippen LogP contribution in [-0.4, -0.2) is 61.0 Å². The molecule has 1 aromatic rings. The summed E-state index contributed by atoms with van der Waals surface area (Å²) >= 11 is 3.44. The zero-order valence-electron chi connectivity index (χ0n) is 14.3. The molecule has 7 heteroatoms. The van der Waals surface area contributed by atoms with Crippen LogP contribution in [0.5, 0.6) is 0 Å². The number of urea groups is 1. The highest BCUT2D eigenvalue weighted by Gasteiger charge is 2.19. The monoisotopic (exact) mass is 396 g/mol. The Kier molecular flexibility index (Phi) is 7.05. The van der Waals surface area contributed by atoms with E-state index >= 15 is 0 Å². The van der Waals surface area contributed by atoms with Gasteiger partial charge in [-0.3, -0.25) is 4.79 Å². The quantitative estimate of drug-likeness (QED) is 0.802. The maximum absolute atomic E-state index is 12.1. The molecule has 24 heavy (non-hydrogen) atoms. The fourth-order valence-corrected chi connectivity index (χ4v) is 2.98. The van der Waals surface area contributed by atoms with Crippen molar-refractivity contribution in [1.29, 1.82) is 0 Å². The van der Waals surface area contributed by atoms with Crippen molar-refractivity contribution >= 4 is 33.6 Å². The molecule has 0 aliphatic carbocycles. The van der Waals surface area contributed by atoms with E-state index in [0.717, 1.165) is 42.8 Å². The number of carbonyl (C=O) groups excluding carboxylic acids is 2. The molecular formula is C17H25BrN4O2. The fraction of sp³-hybridized carbons (Fsp3) is 0.529. The van der Waals surface area contributed by atoms with Crippen LogP contribution in [0.25, 0.3) is 0 Å². The van der Waals surface area contributed by atoms with Crippen molar-refractivity contribution < 1.29 is 9.59 Å². The van der Waals surface area contributed by atoms with Gasteiger partial charge in [-0.05, 0) is 31.2 Å². The molecule has 0 spiro atoms. The largest absolute Gasteiger partial charge is 0.340 e. The van der Waals surface area contributed by atoms with E-state index in [9.17, 15) is 9.59 Å².